The molecule has 0 bridgehead atoms. The van der Waals surface area contributed by atoms with Gasteiger partial charge in [0.25, 0.3) is 0 Å². The Hall–Kier alpha value is -0.680. The van der Waals surface area contributed by atoms with E-state index in [0.29, 0.717) is 0 Å². The van der Waals surface area contributed by atoms with Gasteiger partial charge >= 0.3 is 0 Å². The van der Waals surface area contributed by atoms with Gasteiger partial charge in [-0.2, -0.15) is 0 Å². The zero-order valence-corrected chi connectivity index (χ0v) is 12.2. The maximum Gasteiger partial charge on any atom is 0.0814 e. The predicted octanol–water partition coefficient (Wildman–Crippen LogP) is 3.68. The van der Waals surface area contributed by atoms with E-state index >= 15 is 0 Å². The van der Waals surface area contributed by atoms with Crippen LogP contribution in [0.5, 0.6) is 0 Å². The predicted molar refractivity (Wildman–Crippen MR) is 77.1 cm³/mol. The molecule has 0 saturated heterocycles. The second-order valence-electron chi connectivity index (χ2n) is 4.15. The van der Waals surface area contributed by atoms with Crippen LogP contribution in [0.15, 0.2) is 34.1 Å². The molecule has 0 saturated carbocycles. The molecule has 2 rings (SSSR count). The van der Waals surface area contributed by atoms with Gasteiger partial charge < -0.3 is 0 Å². The van der Waals surface area contributed by atoms with Crippen molar-refractivity contribution in [3.63, 3.8) is 0 Å². The van der Waals surface area contributed by atoms with Crippen molar-refractivity contribution < 1.29 is 0 Å². The normalized spacial score (nSPS) is 12.7. The molecule has 1 atom stereocenters. The van der Waals surface area contributed by atoms with Gasteiger partial charge in [-0.25, -0.2) is 5.43 Å². The molecule has 1 heterocycles. The average Bonchev–Trinajstić information content (AvgIpc) is 2.65. The Labute approximate surface area is 114 Å². The summed E-state index contributed by atoms with van der Waals surface area (Å²) in [5.41, 5.74) is 6.61. The summed E-state index contributed by atoms with van der Waals surface area (Å²) in [5, 5.41) is 2.06. The summed E-state index contributed by atoms with van der Waals surface area (Å²) in [6, 6.07) is 8.60. The second kappa shape index (κ2) is 5.31. The minimum atomic E-state index is 0.0444. The van der Waals surface area contributed by atoms with Gasteiger partial charge in [-0.05, 0) is 46.8 Å². The zero-order chi connectivity index (χ0) is 12.4. The highest BCUT2D eigenvalue weighted by Gasteiger charge is 2.17. The third-order valence-corrected chi connectivity index (χ3v) is 4.59. The number of hydrogen-bond donors (Lipinski definition) is 2. The van der Waals surface area contributed by atoms with Crippen LogP contribution in [0.3, 0.4) is 0 Å². The van der Waals surface area contributed by atoms with Crippen LogP contribution in [-0.2, 0) is 0 Å². The number of hydrazine groups is 1. The molecule has 1 aromatic heterocycles. The zero-order valence-electron chi connectivity index (χ0n) is 9.83. The first-order chi connectivity index (χ1) is 8.11. The maximum atomic E-state index is 5.70. The summed E-state index contributed by atoms with van der Waals surface area (Å²) in [6.07, 6.45) is 0. The fourth-order valence-corrected chi connectivity index (χ4v) is 3.70. The molecule has 0 fully saturated rings. The molecule has 4 heteroatoms. The van der Waals surface area contributed by atoms with Gasteiger partial charge in [-0.3, -0.25) is 5.84 Å². The number of aryl methyl sites for hydroxylation is 2. The molecular formula is C13H15BrN2S. The number of rotatable bonds is 3. The van der Waals surface area contributed by atoms with Crippen molar-refractivity contribution in [2.75, 3.05) is 0 Å². The van der Waals surface area contributed by atoms with Gasteiger partial charge in [0.2, 0.25) is 0 Å². The molecule has 3 N–H and O–H groups in total. The first kappa shape index (κ1) is 12.8. The van der Waals surface area contributed by atoms with E-state index < -0.39 is 0 Å². The maximum absolute atomic E-state index is 5.70. The van der Waals surface area contributed by atoms with Crippen LogP contribution in [0.25, 0.3) is 0 Å². The van der Waals surface area contributed by atoms with E-state index in [2.05, 4.69) is 58.8 Å². The van der Waals surface area contributed by atoms with Gasteiger partial charge in [-0.15, -0.1) is 11.3 Å². The first-order valence-corrected chi connectivity index (χ1v) is 7.06. The quantitative estimate of drug-likeness (QED) is 0.670. The number of thiophene rings is 1. The molecule has 0 aliphatic carbocycles. The number of nitrogens with two attached hydrogens (primary N) is 1. The minimum absolute atomic E-state index is 0.0444. The molecular weight excluding hydrogens is 296 g/mol. The van der Waals surface area contributed by atoms with Crippen molar-refractivity contribution in [1.82, 2.24) is 5.43 Å². The second-order valence-corrected chi connectivity index (χ2v) is 5.96. The molecule has 2 nitrogen and oxygen atoms in total. The fraction of sp³-hybridized carbons (Fsp3) is 0.231. The average molecular weight is 311 g/mol. The molecule has 0 aliphatic heterocycles. The first-order valence-electron chi connectivity index (χ1n) is 5.39. The van der Waals surface area contributed by atoms with Crippen LogP contribution in [0.1, 0.15) is 27.6 Å². The number of hydrogen-bond acceptors (Lipinski definition) is 3. The van der Waals surface area contributed by atoms with Gasteiger partial charge in [0.15, 0.2) is 0 Å². The molecule has 1 aromatic carbocycles. The molecule has 0 radical (unpaired) electrons. The van der Waals surface area contributed by atoms with Crippen molar-refractivity contribution >= 4 is 27.3 Å². The van der Waals surface area contributed by atoms with E-state index in [1.807, 2.05) is 6.07 Å². The summed E-state index contributed by atoms with van der Waals surface area (Å²) >= 11 is 5.26. The van der Waals surface area contributed by atoms with Crippen molar-refractivity contribution in [2.24, 2.45) is 5.84 Å². The molecule has 1 unspecified atom stereocenters. The minimum Gasteiger partial charge on any atom is -0.271 e. The van der Waals surface area contributed by atoms with Crippen LogP contribution >= 0.6 is 27.3 Å². The Morgan fingerprint density at radius 2 is 1.88 bits per heavy atom. The third kappa shape index (κ3) is 2.77. The van der Waals surface area contributed by atoms with E-state index in [0.717, 1.165) is 4.47 Å². The van der Waals surface area contributed by atoms with E-state index in [4.69, 9.17) is 5.84 Å². The van der Waals surface area contributed by atoms with Crippen LogP contribution in [0.4, 0.5) is 0 Å². The fourth-order valence-electron chi connectivity index (χ4n) is 2.01. The molecule has 0 spiro atoms. The third-order valence-electron chi connectivity index (χ3n) is 2.65. The summed E-state index contributed by atoms with van der Waals surface area (Å²) < 4.78 is 1.10. The summed E-state index contributed by atoms with van der Waals surface area (Å²) in [5.74, 6) is 5.70. The lowest BCUT2D eigenvalue weighted by molar-refractivity contribution is 0.644. The summed E-state index contributed by atoms with van der Waals surface area (Å²) in [7, 11) is 0. The molecule has 2 aromatic rings. The number of benzene rings is 1. The Bertz CT molecular complexity index is 502. The lowest BCUT2D eigenvalue weighted by Gasteiger charge is -2.17. The van der Waals surface area contributed by atoms with Gasteiger partial charge in [0.05, 0.1) is 6.04 Å². The Morgan fingerprint density at radius 1 is 1.24 bits per heavy atom. The Kier molecular flexibility index (Phi) is 3.99. The highest BCUT2D eigenvalue weighted by Crippen LogP contribution is 2.33. The van der Waals surface area contributed by atoms with Crippen LogP contribution in [0.2, 0.25) is 0 Å². The van der Waals surface area contributed by atoms with Crippen molar-refractivity contribution in [3.05, 3.63) is 55.7 Å². The van der Waals surface area contributed by atoms with Crippen molar-refractivity contribution in [2.45, 2.75) is 19.9 Å². The standard InChI is InChI=1S/C13H15BrN2S/c1-8-5-9(2)7-10(6-8)12(16-15)13-11(14)3-4-17-13/h3-7,12,16H,15H2,1-2H3. The van der Waals surface area contributed by atoms with Crippen molar-refractivity contribution in [3.8, 4) is 0 Å². The lowest BCUT2D eigenvalue weighted by atomic mass is 10.0. The van der Waals surface area contributed by atoms with E-state index in [1.165, 1.54) is 21.6 Å². The monoisotopic (exact) mass is 310 g/mol. The highest BCUT2D eigenvalue weighted by atomic mass is 79.9. The molecule has 0 aliphatic rings. The SMILES string of the molecule is Cc1cc(C)cc(C(NN)c2sccc2Br)c1. The van der Waals surface area contributed by atoms with Gasteiger partial charge in [0.1, 0.15) is 0 Å². The van der Waals surface area contributed by atoms with E-state index in [9.17, 15) is 0 Å². The van der Waals surface area contributed by atoms with Crippen molar-refractivity contribution in [1.29, 1.82) is 0 Å². The molecule has 0 amide bonds. The number of nitrogens with one attached hydrogen (secondary N) is 1. The van der Waals surface area contributed by atoms with Gasteiger partial charge in [0, 0.05) is 9.35 Å². The molecule has 17 heavy (non-hydrogen) atoms. The van der Waals surface area contributed by atoms with Crippen LogP contribution < -0.4 is 11.3 Å². The van der Waals surface area contributed by atoms with Crippen LogP contribution in [0, 0.1) is 13.8 Å². The lowest BCUT2D eigenvalue weighted by Crippen LogP contribution is -2.28. The summed E-state index contributed by atoms with van der Waals surface area (Å²) in [4.78, 5) is 1.21. The number of halogens is 1. The largest absolute Gasteiger partial charge is 0.271 e. The highest BCUT2D eigenvalue weighted by molar-refractivity contribution is 9.10. The van der Waals surface area contributed by atoms with E-state index in [1.54, 1.807) is 11.3 Å². The summed E-state index contributed by atoms with van der Waals surface area (Å²) in [6.45, 7) is 4.21. The Morgan fingerprint density at radius 3 is 2.35 bits per heavy atom. The Balaban J connectivity index is 2.45. The topological polar surface area (TPSA) is 38.0 Å². The van der Waals surface area contributed by atoms with Gasteiger partial charge in [-0.1, -0.05) is 29.3 Å². The van der Waals surface area contributed by atoms with E-state index in [-0.39, 0.29) is 6.04 Å². The smallest absolute Gasteiger partial charge is 0.0814 e. The molecule has 90 valence electrons. The van der Waals surface area contributed by atoms with Crippen LogP contribution in [-0.4, -0.2) is 0 Å².